The Balaban J connectivity index is 1.42. The fourth-order valence-electron chi connectivity index (χ4n) is 3.12. The summed E-state index contributed by atoms with van der Waals surface area (Å²) in [6, 6.07) is 14.5. The Kier molecular flexibility index (Phi) is 7.65. The van der Waals surface area contributed by atoms with Crippen molar-refractivity contribution in [3.63, 3.8) is 0 Å². The van der Waals surface area contributed by atoms with Crippen LogP contribution < -0.4 is 5.32 Å². The number of carbonyl (C=O) groups excluding carboxylic acids is 2. The highest BCUT2D eigenvalue weighted by molar-refractivity contribution is 8.26. The molecule has 1 saturated heterocycles. The minimum absolute atomic E-state index is 0.00367. The number of nitrogens with zero attached hydrogens (tertiary/aromatic N) is 1. The fourth-order valence-corrected chi connectivity index (χ4v) is 4.43. The molecular formula is C23H24N2O3S2. The van der Waals surface area contributed by atoms with Crippen molar-refractivity contribution < 1.29 is 14.7 Å². The van der Waals surface area contributed by atoms with E-state index in [-0.39, 0.29) is 17.6 Å². The molecule has 0 saturated carbocycles. The maximum Gasteiger partial charge on any atom is 0.266 e. The number of anilines is 1. The highest BCUT2D eigenvalue weighted by Crippen LogP contribution is 2.33. The van der Waals surface area contributed by atoms with Gasteiger partial charge in [-0.05, 0) is 55.2 Å². The fraction of sp³-hybridized carbons (Fsp3) is 0.261. The second kappa shape index (κ2) is 10.4. The summed E-state index contributed by atoms with van der Waals surface area (Å²) in [6.07, 6.45) is 4.57. The van der Waals surface area contributed by atoms with E-state index in [1.807, 2.05) is 37.3 Å². The Bertz CT molecular complexity index is 988. The van der Waals surface area contributed by atoms with Crippen molar-refractivity contribution in [2.24, 2.45) is 0 Å². The Morgan fingerprint density at radius 1 is 1.17 bits per heavy atom. The number of phenolic OH excluding ortho intramolecular Hbond substituents is 1. The van der Waals surface area contributed by atoms with Gasteiger partial charge in [0.05, 0.1) is 4.91 Å². The number of aryl methyl sites for hydroxylation is 1. The predicted octanol–water partition coefficient (Wildman–Crippen LogP) is 5.10. The van der Waals surface area contributed by atoms with Gasteiger partial charge in [-0.2, -0.15) is 0 Å². The van der Waals surface area contributed by atoms with Crippen LogP contribution in [-0.4, -0.2) is 32.7 Å². The molecule has 0 spiro atoms. The zero-order chi connectivity index (χ0) is 21.5. The van der Waals surface area contributed by atoms with E-state index < -0.39 is 0 Å². The molecule has 7 heteroatoms. The van der Waals surface area contributed by atoms with Crippen molar-refractivity contribution >= 4 is 51.9 Å². The molecule has 1 fully saturated rings. The Morgan fingerprint density at radius 3 is 2.73 bits per heavy atom. The second-order valence-electron chi connectivity index (χ2n) is 7.10. The lowest BCUT2D eigenvalue weighted by atomic mass is 10.1. The molecule has 2 N–H and O–H groups in total. The number of hydrogen-bond acceptors (Lipinski definition) is 5. The number of para-hydroxylation sites is 1. The third-order valence-electron chi connectivity index (χ3n) is 4.75. The van der Waals surface area contributed by atoms with Gasteiger partial charge in [-0.1, -0.05) is 60.7 Å². The van der Waals surface area contributed by atoms with E-state index >= 15 is 0 Å². The molecule has 0 unspecified atom stereocenters. The summed E-state index contributed by atoms with van der Waals surface area (Å²) in [5, 5.41) is 12.5. The summed E-state index contributed by atoms with van der Waals surface area (Å²) in [5.41, 5.74) is 2.65. The van der Waals surface area contributed by atoms with Gasteiger partial charge in [0, 0.05) is 18.7 Å². The van der Waals surface area contributed by atoms with Crippen molar-refractivity contribution in [1.29, 1.82) is 0 Å². The maximum atomic E-state index is 12.6. The molecule has 5 nitrogen and oxygen atoms in total. The Hall–Kier alpha value is -2.64. The number of phenols is 1. The Morgan fingerprint density at radius 2 is 1.97 bits per heavy atom. The van der Waals surface area contributed by atoms with Crippen LogP contribution >= 0.6 is 24.0 Å². The van der Waals surface area contributed by atoms with Crippen LogP contribution in [-0.2, 0) is 9.59 Å². The molecule has 1 heterocycles. The van der Waals surface area contributed by atoms with Gasteiger partial charge in [0.15, 0.2) is 0 Å². The summed E-state index contributed by atoms with van der Waals surface area (Å²) in [6.45, 7) is 2.51. The quantitative estimate of drug-likeness (QED) is 0.339. The molecule has 2 aromatic carbocycles. The minimum atomic E-state index is -0.106. The lowest BCUT2D eigenvalue weighted by Crippen LogP contribution is -2.29. The van der Waals surface area contributed by atoms with E-state index in [0.29, 0.717) is 22.2 Å². The lowest BCUT2D eigenvalue weighted by molar-refractivity contribution is -0.122. The summed E-state index contributed by atoms with van der Waals surface area (Å²) >= 11 is 6.63. The number of aromatic hydroxyl groups is 1. The molecule has 3 rings (SSSR count). The van der Waals surface area contributed by atoms with Crippen LogP contribution in [0.15, 0.2) is 53.4 Å². The SMILES string of the molecule is Cc1ccccc1NC(=O)CCCCCN1C(=O)/C(=C/c2cccc(O)c2)SC1=S. The van der Waals surface area contributed by atoms with Gasteiger partial charge in [0.25, 0.3) is 5.91 Å². The van der Waals surface area contributed by atoms with E-state index in [0.717, 1.165) is 36.1 Å². The maximum absolute atomic E-state index is 12.6. The molecule has 2 aromatic rings. The van der Waals surface area contributed by atoms with E-state index in [2.05, 4.69) is 5.32 Å². The van der Waals surface area contributed by atoms with Crippen LogP contribution in [0.3, 0.4) is 0 Å². The number of carbonyl (C=O) groups is 2. The first-order valence-corrected chi connectivity index (χ1v) is 11.1. The molecule has 0 radical (unpaired) electrons. The molecule has 156 valence electrons. The van der Waals surface area contributed by atoms with Gasteiger partial charge in [-0.25, -0.2) is 0 Å². The van der Waals surface area contributed by atoms with Gasteiger partial charge in [-0.3, -0.25) is 14.5 Å². The number of rotatable bonds is 8. The molecule has 0 aromatic heterocycles. The number of amides is 2. The van der Waals surface area contributed by atoms with Gasteiger partial charge in [0.2, 0.25) is 5.91 Å². The van der Waals surface area contributed by atoms with Crippen molar-refractivity contribution in [1.82, 2.24) is 4.90 Å². The molecular weight excluding hydrogens is 416 g/mol. The molecule has 0 aliphatic carbocycles. The summed E-state index contributed by atoms with van der Waals surface area (Å²) < 4.78 is 0.545. The number of thioether (sulfide) groups is 1. The monoisotopic (exact) mass is 440 g/mol. The topological polar surface area (TPSA) is 69.6 Å². The highest BCUT2D eigenvalue weighted by atomic mass is 32.2. The summed E-state index contributed by atoms with van der Waals surface area (Å²) in [4.78, 5) is 26.9. The number of benzene rings is 2. The number of unbranched alkanes of at least 4 members (excludes halogenated alkanes) is 2. The highest BCUT2D eigenvalue weighted by Gasteiger charge is 2.31. The molecule has 2 amide bonds. The van der Waals surface area contributed by atoms with E-state index in [1.54, 1.807) is 29.2 Å². The van der Waals surface area contributed by atoms with Crippen LogP contribution in [0.4, 0.5) is 5.69 Å². The molecule has 1 aliphatic heterocycles. The lowest BCUT2D eigenvalue weighted by Gasteiger charge is -2.14. The molecule has 1 aliphatic rings. The van der Waals surface area contributed by atoms with Crippen LogP contribution in [0, 0.1) is 6.92 Å². The first-order valence-electron chi connectivity index (χ1n) is 9.84. The largest absolute Gasteiger partial charge is 0.508 e. The van der Waals surface area contributed by atoms with Gasteiger partial charge >= 0.3 is 0 Å². The van der Waals surface area contributed by atoms with Crippen LogP contribution in [0.1, 0.15) is 36.8 Å². The average molecular weight is 441 g/mol. The Labute approximate surface area is 186 Å². The van der Waals surface area contributed by atoms with E-state index in [1.165, 1.54) is 11.8 Å². The molecule has 30 heavy (non-hydrogen) atoms. The number of thiocarbonyl (C=S) groups is 1. The van der Waals surface area contributed by atoms with E-state index in [9.17, 15) is 14.7 Å². The number of nitrogens with one attached hydrogen (secondary N) is 1. The van der Waals surface area contributed by atoms with Crippen LogP contribution in [0.2, 0.25) is 0 Å². The zero-order valence-corrected chi connectivity index (χ0v) is 18.4. The standard InChI is InChI=1S/C23H24N2O3S2/c1-16-8-4-5-11-19(16)24-21(27)12-3-2-6-13-25-22(28)20(30-23(25)29)15-17-9-7-10-18(26)14-17/h4-5,7-11,14-15,26H,2-3,6,12-13H2,1H3,(H,24,27)/b20-15-. The van der Waals surface area contributed by atoms with Gasteiger partial charge < -0.3 is 10.4 Å². The third-order valence-corrected chi connectivity index (χ3v) is 6.12. The van der Waals surface area contributed by atoms with Gasteiger partial charge in [0.1, 0.15) is 10.1 Å². The normalized spacial score (nSPS) is 15.1. The first-order chi connectivity index (χ1) is 14.4. The van der Waals surface area contributed by atoms with Crippen molar-refractivity contribution in [3.05, 3.63) is 64.6 Å². The minimum Gasteiger partial charge on any atom is -0.508 e. The predicted molar refractivity (Wildman–Crippen MR) is 126 cm³/mol. The zero-order valence-electron chi connectivity index (χ0n) is 16.8. The van der Waals surface area contributed by atoms with Crippen molar-refractivity contribution in [2.75, 3.05) is 11.9 Å². The average Bonchev–Trinajstić information content (AvgIpc) is 2.96. The summed E-state index contributed by atoms with van der Waals surface area (Å²) in [5.74, 6) is 0.0558. The summed E-state index contributed by atoms with van der Waals surface area (Å²) in [7, 11) is 0. The van der Waals surface area contributed by atoms with Crippen molar-refractivity contribution in [3.8, 4) is 5.75 Å². The number of hydrogen-bond donors (Lipinski definition) is 2. The smallest absolute Gasteiger partial charge is 0.266 e. The first kappa shape index (κ1) is 22.1. The second-order valence-corrected chi connectivity index (χ2v) is 8.78. The van der Waals surface area contributed by atoms with Crippen LogP contribution in [0.5, 0.6) is 5.75 Å². The van der Waals surface area contributed by atoms with E-state index in [4.69, 9.17) is 12.2 Å². The molecule has 0 atom stereocenters. The van der Waals surface area contributed by atoms with Gasteiger partial charge in [-0.15, -0.1) is 0 Å². The molecule has 0 bridgehead atoms. The van der Waals surface area contributed by atoms with Crippen molar-refractivity contribution in [2.45, 2.75) is 32.6 Å². The third kappa shape index (κ3) is 5.93. The van der Waals surface area contributed by atoms with Crippen LogP contribution in [0.25, 0.3) is 6.08 Å².